The first-order valence-electron chi connectivity index (χ1n) is 13.2. The van der Waals surface area contributed by atoms with Crippen LogP contribution >= 0.6 is 0 Å². The van der Waals surface area contributed by atoms with Crippen LogP contribution in [-0.2, 0) is 14.2 Å². The lowest BCUT2D eigenvalue weighted by atomic mass is 9.80. The maximum absolute atomic E-state index is 10.4. The molecule has 0 saturated carbocycles. The van der Waals surface area contributed by atoms with E-state index in [0.29, 0.717) is 0 Å². The molecule has 1 atom stereocenters. The maximum Gasteiger partial charge on any atom is 0.157 e. The van der Waals surface area contributed by atoms with Gasteiger partial charge in [0.25, 0.3) is 0 Å². The molecule has 1 N–H and O–H groups in total. The fourth-order valence-electron chi connectivity index (χ4n) is 5.22. The molecule has 0 aromatic rings. The number of ether oxygens (including phenoxy) is 3. The van der Waals surface area contributed by atoms with E-state index in [-0.39, 0.29) is 23.5 Å². The van der Waals surface area contributed by atoms with E-state index in [9.17, 15) is 5.21 Å². The number of nitrogens with zero attached hydrogens (tertiary/aromatic N) is 1. The van der Waals surface area contributed by atoms with Crippen LogP contribution in [0.2, 0.25) is 0 Å². The summed E-state index contributed by atoms with van der Waals surface area (Å²) in [4.78, 5) is 0. The lowest BCUT2D eigenvalue weighted by molar-refractivity contribution is -0.261. The molecular weight excluding hydrogens is 390 g/mol. The van der Waals surface area contributed by atoms with Crippen LogP contribution in [0.1, 0.15) is 124 Å². The molecule has 1 unspecified atom stereocenters. The highest BCUT2D eigenvalue weighted by Gasteiger charge is 2.45. The molecule has 2 rings (SSSR count). The van der Waals surface area contributed by atoms with Crippen molar-refractivity contribution in [1.29, 1.82) is 0 Å². The molecule has 0 radical (unpaired) electrons. The lowest BCUT2D eigenvalue weighted by Gasteiger charge is -2.51. The summed E-state index contributed by atoms with van der Waals surface area (Å²) < 4.78 is 17.6. The quantitative estimate of drug-likeness (QED) is 0.281. The van der Waals surface area contributed by atoms with E-state index < -0.39 is 0 Å². The van der Waals surface area contributed by atoms with E-state index in [2.05, 4.69) is 27.7 Å². The van der Waals surface area contributed by atoms with E-state index >= 15 is 0 Å². The molecule has 0 bridgehead atoms. The van der Waals surface area contributed by atoms with Gasteiger partial charge in [-0.05, 0) is 72.6 Å². The van der Waals surface area contributed by atoms with E-state index in [4.69, 9.17) is 14.2 Å². The van der Waals surface area contributed by atoms with Crippen molar-refractivity contribution in [1.82, 2.24) is 5.06 Å². The normalized spacial score (nSPS) is 24.5. The number of rotatable bonds is 15. The monoisotopic (exact) mass is 441 g/mol. The van der Waals surface area contributed by atoms with Crippen molar-refractivity contribution in [3.8, 4) is 0 Å². The summed E-state index contributed by atoms with van der Waals surface area (Å²) in [6.45, 7) is 11.0. The Bertz CT molecular complexity index is 444. The SMILES string of the molecule is CC1(C)CC(OCCCCCCCCCCCCOC2CCCCO2)CC(C)(C)N1O. The summed E-state index contributed by atoms with van der Waals surface area (Å²) in [5.74, 6) is 0. The van der Waals surface area contributed by atoms with Gasteiger partial charge in [-0.3, -0.25) is 0 Å². The lowest BCUT2D eigenvalue weighted by Crippen LogP contribution is -2.60. The number of hydrogen-bond acceptors (Lipinski definition) is 5. The molecule has 2 saturated heterocycles. The molecule has 0 aromatic heterocycles. The number of piperidine rings is 1. The Morgan fingerprint density at radius 2 is 1.23 bits per heavy atom. The van der Waals surface area contributed by atoms with Gasteiger partial charge < -0.3 is 19.4 Å². The fraction of sp³-hybridized carbons (Fsp3) is 1.00. The molecule has 5 nitrogen and oxygen atoms in total. The summed E-state index contributed by atoms with van der Waals surface area (Å²) in [6.07, 6.45) is 18.6. The molecule has 2 fully saturated rings. The predicted molar refractivity (Wildman–Crippen MR) is 126 cm³/mol. The van der Waals surface area contributed by atoms with Crippen molar-refractivity contribution < 1.29 is 19.4 Å². The predicted octanol–water partition coefficient (Wildman–Crippen LogP) is 6.86. The van der Waals surface area contributed by atoms with Crippen molar-refractivity contribution in [3.63, 3.8) is 0 Å². The van der Waals surface area contributed by atoms with E-state index in [1.807, 2.05) is 0 Å². The van der Waals surface area contributed by atoms with Crippen LogP contribution in [0.4, 0.5) is 0 Å². The van der Waals surface area contributed by atoms with Gasteiger partial charge in [0.1, 0.15) is 0 Å². The number of hydrogen-bond donors (Lipinski definition) is 1. The first-order chi connectivity index (χ1) is 14.8. The number of unbranched alkanes of at least 4 members (excludes halogenated alkanes) is 9. The molecule has 2 aliphatic heterocycles. The van der Waals surface area contributed by atoms with Gasteiger partial charge in [-0.25, -0.2) is 0 Å². The topological polar surface area (TPSA) is 51.2 Å². The average Bonchev–Trinajstić information content (AvgIpc) is 2.72. The zero-order valence-electron chi connectivity index (χ0n) is 21.0. The summed E-state index contributed by atoms with van der Waals surface area (Å²) in [6, 6.07) is 0. The van der Waals surface area contributed by atoms with Gasteiger partial charge >= 0.3 is 0 Å². The third kappa shape index (κ3) is 10.5. The second-order valence-electron chi connectivity index (χ2n) is 11.0. The van der Waals surface area contributed by atoms with E-state index in [1.165, 1.54) is 75.7 Å². The molecule has 0 amide bonds. The molecule has 0 aromatic carbocycles. The Hall–Kier alpha value is -0.200. The highest BCUT2D eigenvalue weighted by Crippen LogP contribution is 2.37. The molecule has 0 spiro atoms. The second-order valence-corrected chi connectivity index (χ2v) is 11.0. The standard InChI is InChI=1S/C26H51NO4/c1-25(2)21-23(22-26(3,4)27(25)28)29-18-14-11-9-7-5-6-8-10-12-15-19-30-24-17-13-16-20-31-24/h23-24,28H,5-22H2,1-4H3. The molecule has 0 aliphatic carbocycles. The van der Waals surface area contributed by atoms with Crippen molar-refractivity contribution in [2.75, 3.05) is 19.8 Å². The van der Waals surface area contributed by atoms with Gasteiger partial charge in [0.15, 0.2) is 6.29 Å². The van der Waals surface area contributed by atoms with Gasteiger partial charge in [0, 0.05) is 30.9 Å². The first-order valence-corrected chi connectivity index (χ1v) is 13.2. The van der Waals surface area contributed by atoms with Crippen molar-refractivity contribution in [3.05, 3.63) is 0 Å². The van der Waals surface area contributed by atoms with Crippen LogP contribution in [0.3, 0.4) is 0 Å². The Balaban J connectivity index is 1.34. The van der Waals surface area contributed by atoms with E-state index in [0.717, 1.165) is 45.5 Å². The Morgan fingerprint density at radius 3 is 1.71 bits per heavy atom. The summed E-state index contributed by atoms with van der Waals surface area (Å²) >= 11 is 0. The minimum Gasteiger partial charge on any atom is -0.378 e. The van der Waals surface area contributed by atoms with E-state index in [1.54, 1.807) is 0 Å². The third-order valence-electron chi connectivity index (χ3n) is 6.94. The van der Waals surface area contributed by atoms with Crippen LogP contribution in [0, 0.1) is 0 Å². The van der Waals surface area contributed by atoms with Gasteiger partial charge in [0.2, 0.25) is 0 Å². The molecule has 31 heavy (non-hydrogen) atoms. The molecule has 2 aliphatic rings. The smallest absolute Gasteiger partial charge is 0.157 e. The minimum absolute atomic E-state index is 0.0754. The summed E-state index contributed by atoms with van der Waals surface area (Å²) in [5.41, 5.74) is -0.438. The van der Waals surface area contributed by atoms with Gasteiger partial charge in [-0.1, -0.05) is 51.4 Å². The van der Waals surface area contributed by atoms with Crippen LogP contribution in [0.5, 0.6) is 0 Å². The molecule has 2 heterocycles. The van der Waals surface area contributed by atoms with Crippen molar-refractivity contribution >= 4 is 0 Å². The molecular formula is C26H51NO4. The first kappa shape index (κ1) is 27.0. The average molecular weight is 442 g/mol. The zero-order valence-corrected chi connectivity index (χ0v) is 21.0. The Morgan fingerprint density at radius 1 is 0.742 bits per heavy atom. The van der Waals surface area contributed by atoms with Gasteiger partial charge in [-0.2, -0.15) is 5.06 Å². The molecule has 184 valence electrons. The van der Waals surface area contributed by atoms with Gasteiger partial charge in [0.05, 0.1) is 6.10 Å². The van der Waals surface area contributed by atoms with Gasteiger partial charge in [-0.15, -0.1) is 0 Å². The van der Waals surface area contributed by atoms with Crippen molar-refractivity contribution in [2.24, 2.45) is 0 Å². The van der Waals surface area contributed by atoms with Crippen LogP contribution in [-0.4, -0.2) is 53.6 Å². The number of hydroxylamine groups is 2. The molecule has 5 heteroatoms. The highest BCUT2D eigenvalue weighted by atomic mass is 16.7. The fourth-order valence-corrected chi connectivity index (χ4v) is 5.22. The largest absolute Gasteiger partial charge is 0.378 e. The second kappa shape index (κ2) is 14.1. The summed E-state index contributed by atoms with van der Waals surface area (Å²) in [5, 5.41) is 11.9. The Labute approximate surface area is 192 Å². The minimum atomic E-state index is -0.219. The van der Waals surface area contributed by atoms with Crippen LogP contribution in [0.25, 0.3) is 0 Å². The summed E-state index contributed by atoms with van der Waals surface area (Å²) in [7, 11) is 0. The van der Waals surface area contributed by atoms with Crippen LogP contribution in [0.15, 0.2) is 0 Å². The zero-order chi connectivity index (χ0) is 22.6. The van der Waals surface area contributed by atoms with Crippen molar-refractivity contribution in [2.45, 2.75) is 147 Å². The third-order valence-corrected chi connectivity index (χ3v) is 6.94. The Kier molecular flexibility index (Phi) is 12.3. The maximum atomic E-state index is 10.4. The highest BCUT2D eigenvalue weighted by molar-refractivity contribution is 4.96. The van der Waals surface area contributed by atoms with Crippen LogP contribution < -0.4 is 0 Å².